The van der Waals surface area contributed by atoms with Gasteiger partial charge in [-0.05, 0) is 31.0 Å². The smallest absolute Gasteiger partial charge is 0.338 e. The number of hydrogen-bond donors (Lipinski definition) is 2. The fraction of sp³-hybridized carbons (Fsp3) is 0.350. The van der Waals surface area contributed by atoms with Gasteiger partial charge in [-0.3, -0.25) is 4.99 Å². The summed E-state index contributed by atoms with van der Waals surface area (Å²) in [5, 5.41) is 5.79. The fourth-order valence-corrected chi connectivity index (χ4v) is 4.17. The van der Waals surface area contributed by atoms with Gasteiger partial charge in [0.2, 0.25) is 0 Å². The summed E-state index contributed by atoms with van der Waals surface area (Å²) in [6.07, 6.45) is 2.88. The molecule has 0 spiro atoms. The van der Waals surface area contributed by atoms with Gasteiger partial charge in [-0.25, -0.2) is 14.2 Å². The Bertz CT molecular complexity index is 946. The number of aliphatic imine (C=N–C) groups is 1. The lowest BCUT2D eigenvalue weighted by Crippen LogP contribution is -2.36. The summed E-state index contributed by atoms with van der Waals surface area (Å²) in [6.45, 7) is 3.97. The van der Waals surface area contributed by atoms with Gasteiger partial charge in [0.15, 0.2) is 10.8 Å². The molecule has 0 aliphatic carbocycles. The fourth-order valence-electron chi connectivity index (χ4n) is 3.01. The molecule has 2 aromatic rings. The molecule has 29 heavy (non-hydrogen) atoms. The molecule has 1 aromatic heterocycles. The average Bonchev–Trinajstić information content (AvgIpc) is 3.22. The molecule has 1 aliphatic heterocycles. The van der Waals surface area contributed by atoms with Crippen molar-refractivity contribution in [2.75, 3.05) is 6.61 Å². The van der Waals surface area contributed by atoms with E-state index >= 15 is 0 Å². The van der Waals surface area contributed by atoms with Crippen LogP contribution in [-0.4, -0.2) is 29.4 Å². The van der Waals surface area contributed by atoms with Crippen LogP contribution in [0.4, 0.5) is 4.39 Å². The molecule has 0 amide bonds. The Kier molecular flexibility index (Phi) is 7.15. The third-order valence-electron chi connectivity index (χ3n) is 4.50. The van der Waals surface area contributed by atoms with Crippen LogP contribution in [0.3, 0.4) is 0 Å². The molecule has 0 unspecified atom stereocenters. The van der Waals surface area contributed by atoms with E-state index in [-0.39, 0.29) is 18.5 Å². The molecule has 154 valence electrons. The number of ether oxygens (including phenoxy) is 1. The zero-order valence-electron chi connectivity index (χ0n) is 16.1. The van der Waals surface area contributed by atoms with Gasteiger partial charge in [0, 0.05) is 34.2 Å². The van der Waals surface area contributed by atoms with Gasteiger partial charge in [0.05, 0.1) is 12.2 Å². The number of benzene rings is 1. The van der Waals surface area contributed by atoms with Crippen molar-refractivity contribution in [3.63, 3.8) is 0 Å². The maximum absolute atomic E-state index is 13.7. The summed E-state index contributed by atoms with van der Waals surface area (Å²) in [5.74, 6) is -0.303. The molecular weight excluding hydrogens is 459 g/mol. The summed E-state index contributed by atoms with van der Waals surface area (Å²) < 4.78 is 19.5. The number of hydrogen-bond acceptors (Lipinski definition) is 7. The lowest BCUT2D eigenvalue weighted by molar-refractivity contribution is -0.139. The number of amidine groups is 1. The molecule has 0 saturated heterocycles. The molecule has 2 heterocycles. The molecule has 3 rings (SSSR count). The summed E-state index contributed by atoms with van der Waals surface area (Å²) >= 11 is 4.84. The largest absolute Gasteiger partial charge is 0.463 e. The van der Waals surface area contributed by atoms with Crippen LogP contribution in [0, 0.1) is 5.82 Å². The number of nitrogens with zero attached hydrogens (tertiary/aromatic N) is 2. The second-order valence-corrected chi connectivity index (χ2v) is 8.24. The van der Waals surface area contributed by atoms with E-state index in [1.54, 1.807) is 19.2 Å². The van der Waals surface area contributed by atoms with Crippen molar-refractivity contribution in [3.8, 4) is 0 Å². The van der Waals surface area contributed by atoms with E-state index in [1.807, 2.05) is 12.3 Å². The van der Waals surface area contributed by atoms with E-state index in [9.17, 15) is 9.18 Å². The molecule has 1 aromatic carbocycles. The molecule has 6 nitrogen and oxygen atoms in total. The summed E-state index contributed by atoms with van der Waals surface area (Å²) in [7, 11) is 0. The number of nitrogens with two attached hydrogens (primary N) is 1. The summed E-state index contributed by atoms with van der Waals surface area (Å²) in [4.78, 5) is 22.0. The highest BCUT2D eigenvalue weighted by atomic mass is 79.9. The average molecular weight is 481 g/mol. The topological polar surface area (TPSA) is 89.6 Å². The quantitative estimate of drug-likeness (QED) is 0.582. The van der Waals surface area contributed by atoms with Gasteiger partial charge in [-0.2, -0.15) is 0 Å². The highest BCUT2D eigenvalue weighted by molar-refractivity contribution is 9.10. The first-order chi connectivity index (χ1) is 13.9. The highest BCUT2D eigenvalue weighted by Crippen LogP contribution is 2.37. The van der Waals surface area contributed by atoms with Gasteiger partial charge in [-0.15, -0.1) is 11.3 Å². The van der Waals surface area contributed by atoms with Crippen molar-refractivity contribution < 1.29 is 13.9 Å². The number of rotatable bonds is 7. The lowest BCUT2D eigenvalue weighted by Gasteiger charge is -2.28. The standard InChI is InChI=1S/C20H22BrFN4O2S/c1-3-12(23)10-15-16(20(27)28-4-2)17(13-6-5-11(22)9-14(13)21)26-18(25-15)19-24-7-8-29-19/h5-9,12,17H,3-4,10,23H2,1-2H3,(H,25,26)/t12-,17+/m1/s1. The second kappa shape index (κ2) is 9.60. The SMILES string of the molecule is CCOC(=O)C1=C(C[C@H](N)CC)NC(c2nccs2)=N[C@H]1c1ccc(F)cc1Br. The number of carbonyl (C=O) groups excluding carboxylic acids is 1. The monoisotopic (exact) mass is 480 g/mol. The van der Waals surface area contributed by atoms with E-state index < -0.39 is 12.0 Å². The van der Waals surface area contributed by atoms with Gasteiger partial charge in [0.25, 0.3) is 0 Å². The first kappa shape index (κ1) is 21.6. The zero-order valence-corrected chi connectivity index (χ0v) is 18.5. The Morgan fingerprint density at radius 3 is 2.86 bits per heavy atom. The van der Waals surface area contributed by atoms with E-state index in [0.29, 0.717) is 38.6 Å². The van der Waals surface area contributed by atoms with Gasteiger partial charge in [-0.1, -0.05) is 28.9 Å². The van der Waals surface area contributed by atoms with E-state index in [4.69, 9.17) is 15.5 Å². The predicted octanol–water partition coefficient (Wildman–Crippen LogP) is 4.08. The third kappa shape index (κ3) is 4.91. The molecule has 0 radical (unpaired) electrons. The van der Waals surface area contributed by atoms with Crippen molar-refractivity contribution >= 4 is 39.1 Å². The first-order valence-corrected chi connectivity index (χ1v) is 11.0. The minimum Gasteiger partial charge on any atom is -0.463 e. The van der Waals surface area contributed by atoms with Crippen molar-refractivity contribution in [1.29, 1.82) is 0 Å². The number of halogens is 2. The molecule has 9 heteroatoms. The van der Waals surface area contributed by atoms with E-state index in [1.165, 1.54) is 23.5 Å². The molecule has 0 bridgehead atoms. The first-order valence-electron chi connectivity index (χ1n) is 9.29. The third-order valence-corrected chi connectivity index (χ3v) is 5.97. The van der Waals surface area contributed by atoms with Crippen molar-refractivity contribution in [1.82, 2.24) is 10.3 Å². The lowest BCUT2D eigenvalue weighted by atomic mass is 9.93. The number of nitrogens with one attached hydrogen (secondary N) is 1. The van der Waals surface area contributed by atoms with Gasteiger partial charge < -0.3 is 15.8 Å². The Morgan fingerprint density at radius 1 is 1.45 bits per heavy atom. The van der Waals surface area contributed by atoms with Crippen LogP contribution in [0.5, 0.6) is 0 Å². The second-order valence-electron chi connectivity index (χ2n) is 6.49. The van der Waals surface area contributed by atoms with Crippen molar-refractivity contribution in [3.05, 3.63) is 61.9 Å². The summed E-state index contributed by atoms with van der Waals surface area (Å²) in [6, 6.07) is 3.50. The summed E-state index contributed by atoms with van der Waals surface area (Å²) in [5.41, 5.74) is 7.89. The molecule has 0 fully saturated rings. The van der Waals surface area contributed by atoms with Crippen LogP contribution in [0.25, 0.3) is 0 Å². The Morgan fingerprint density at radius 2 is 2.24 bits per heavy atom. The van der Waals surface area contributed by atoms with Crippen LogP contribution < -0.4 is 11.1 Å². The van der Waals surface area contributed by atoms with Crippen LogP contribution in [-0.2, 0) is 9.53 Å². The Hall–Kier alpha value is -2.10. The number of carbonyl (C=O) groups is 1. The normalized spacial score (nSPS) is 17.6. The zero-order chi connectivity index (χ0) is 21.0. The maximum Gasteiger partial charge on any atom is 0.338 e. The van der Waals surface area contributed by atoms with E-state index in [2.05, 4.69) is 26.2 Å². The molecule has 1 aliphatic rings. The minimum absolute atomic E-state index is 0.144. The van der Waals surface area contributed by atoms with Crippen LogP contribution >= 0.6 is 27.3 Å². The maximum atomic E-state index is 13.7. The molecular formula is C20H22BrFN4O2S. The Labute approximate surface area is 181 Å². The molecule has 3 N–H and O–H groups in total. The minimum atomic E-state index is -0.678. The van der Waals surface area contributed by atoms with Gasteiger partial charge in [0.1, 0.15) is 11.9 Å². The number of esters is 1. The predicted molar refractivity (Wildman–Crippen MR) is 115 cm³/mol. The van der Waals surface area contributed by atoms with Crippen LogP contribution in [0.2, 0.25) is 0 Å². The van der Waals surface area contributed by atoms with Crippen molar-refractivity contribution in [2.45, 2.75) is 38.8 Å². The van der Waals surface area contributed by atoms with Gasteiger partial charge >= 0.3 is 5.97 Å². The van der Waals surface area contributed by atoms with Crippen LogP contribution in [0.15, 0.2) is 50.5 Å². The Balaban J connectivity index is 2.17. The molecule has 0 saturated carbocycles. The number of thiazole rings is 1. The van der Waals surface area contributed by atoms with E-state index in [0.717, 1.165) is 6.42 Å². The molecule has 2 atom stereocenters. The highest BCUT2D eigenvalue weighted by Gasteiger charge is 2.34. The van der Waals surface area contributed by atoms with Crippen molar-refractivity contribution in [2.24, 2.45) is 10.7 Å². The van der Waals surface area contributed by atoms with Crippen LogP contribution in [0.1, 0.15) is 43.3 Å². The number of aromatic nitrogens is 1.